The first-order chi connectivity index (χ1) is 13.7. The van der Waals surface area contributed by atoms with Crippen LogP contribution in [-0.2, 0) is 22.4 Å². The second-order valence-electron chi connectivity index (χ2n) is 6.55. The van der Waals surface area contributed by atoms with Crippen LogP contribution < -0.4 is 15.4 Å². The van der Waals surface area contributed by atoms with Gasteiger partial charge in [0.25, 0.3) is 0 Å². The number of aryl methyl sites for hydroxylation is 1. The Morgan fingerprint density at radius 3 is 2.82 bits per heavy atom. The van der Waals surface area contributed by atoms with E-state index >= 15 is 0 Å². The molecule has 1 atom stereocenters. The van der Waals surface area contributed by atoms with Crippen LogP contribution in [0.15, 0.2) is 55.0 Å². The monoisotopic (exact) mass is 377 g/mol. The summed E-state index contributed by atoms with van der Waals surface area (Å²) < 4.78 is 5.71. The fourth-order valence-electron chi connectivity index (χ4n) is 3.16. The van der Waals surface area contributed by atoms with E-state index in [0.29, 0.717) is 23.6 Å². The molecule has 4 rings (SSSR count). The smallest absolute Gasteiger partial charge is 0.313 e. The number of nitrogens with one attached hydrogen (secondary N) is 3. The predicted molar refractivity (Wildman–Crippen MR) is 102 cm³/mol. The minimum atomic E-state index is -0.709. The standard InChI is InChI=1S/C20H19N5O3/c26-19(20(27)24-15-4-5-18-13(10-15)12-22-25-18)23-14-2-1-3-17(11-14)28-16-6-8-21-9-7-16/h1-3,6-9,11-12,15H,4-5,10H2,(H,22,25)(H,23,26)(H,24,27)/t15-/m1/s1. The second-order valence-corrected chi connectivity index (χ2v) is 6.55. The van der Waals surface area contributed by atoms with Gasteiger partial charge >= 0.3 is 11.8 Å². The molecule has 0 aliphatic heterocycles. The molecule has 28 heavy (non-hydrogen) atoms. The van der Waals surface area contributed by atoms with Crippen molar-refractivity contribution in [3.05, 3.63) is 66.2 Å². The minimum absolute atomic E-state index is 0.0790. The first kappa shape index (κ1) is 17.7. The summed E-state index contributed by atoms with van der Waals surface area (Å²) in [5.41, 5.74) is 2.66. The number of pyridine rings is 1. The molecule has 0 unspecified atom stereocenters. The van der Waals surface area contributed by atoms with Gasteiger partial charge in [0.15, 0.2) is 0 Å². The Labute approximate surface area is 161 Å². The molecular weight excluding hydrogens is 358 g/mol. The lowest BCUT2D eigenvalue weighted by molar-refractivity contribution is -0.136. The van der Waals surface area contributed by atoms with Crippen molar-refractivity contribution in [3.63, 3.8) is 0 Å². The Hall–Kier alpha value is -3.68. The van der Waals surface area contributed by atoms with E-state index in [2.05, 4.69) is 25.8 Å². The van der Waals surface area contributed by atoms with Crippen LogP contribution in [0.25, 0.3) is 0 Å². The Kier molecular flexibility index (Phi) is 5.01. The Bertz CT molecular complexity index is 986. The van der Waals surface area contributed by atoms with Gasteiger partial charge in [0.2, 0.25) is 0 Å². The lowest BCUT2D eigenvalue weighted by Crippen LogP contribution is -2.44. The molecule has 8 nitrogen and oxygen atoms in total. The highest BCUT2D eigenvalue weighted by atomic mass is 16.5. The van der Waals surface area contributed by atoms with Crippen LogP contribution in [0, 0.1) is 0 Å². The van der Waals surface area contributed by atoms with E-state index in [0.717, 1.165) is 24.1 Å². The van der Waals surface area contributed by atoms with Gasteiger partial charge in [-0.25, -0.2) is 0 Å². The summed E-state index contributed by atoms with van der Waals surface area (Å²) >= 11 is 0. The van der Waals surface area contributed by atoms with Crippen molar-refractivity contribution >= 4 is 17.5 Å². The van der Waals surface area contributed by atoms with Crippen LogP contribution in [0.3, 0.4) is 0 Å². The van der Waals surface area contributed by atoms with E-state index in [4.69, 9.17) is 4.74 Å². The molecule has 3 N–H and O–H groups in total. The number of aromatic nitrogens is 3. The number of nitrogens with zero attached hydrogens (tertiary/aromatic N) is 2. The number of benzene rings is 1. The average Bonchev–Trinajstić information content (AvgIpc) is 3.17. The van der Waals surface area contributed by atoms with Gasteiger partial charge < -0.3 is 15.4 Å². The molecule has 0 radical (unpaired) electrons. The largest absolute Gasteiger partial charge is 0.457 e. The molecule has 0 bridgehead atoms. The van der Waals surface area contributed by atoms with Gasteiger partial charge in [-0.05, 0) is 49.1 Å². The number of hydrogen-bond acceptors (Lipinski definition) is 5. The van der Waals surface area contributed by atoms with E-state index in [1.165, 1.54) is 0 Å². The van der Waals surface area contributed by atoms with Gasteiger partial charge in [-0.1, -0.05) is 6.07 Å². The van der Waals surface area contributed by atoms with Crippen molar-refractivity contribution in [3.8, 4) is 11.5 Å². The third-order valence-electron chi connectivity index (χ3n) is 4.54. The first-order valence-corrected chi connectivity index (χ1v) is 8.98. The number of ether oxygens (including phenoxy) is 1. The number of H-pyrrole nitrogens is 1. The van der Waals surface area contributed by atoms with E-state index in [1.54, 1.807) is 55.0 Å². The maximum Gasteiger partial charge on any atom is 0.313 e. The average molecular weight is 377 g/mol. The minimum Gasteiger partial charge on any atom is -0.457 e. The fraction of sp³-hybridized carbons (Fsp3) is 0.200. The third kappa shape index (κ3) is 4.17. The summed E-state index contributed by atoms with van der Waals surface area (Å²) in [5.74, 6) is -0.187. The van der Waals surface area contributed by atoms with Gasteiger partial charge in [-0.3, -0.25) is 19.7 Å². The van der Waals surface area contributed by atoms with Gasteiger partial charge in [0, 0.05) is 35.9 Å². The number of anilines is 1. The highest BCUT2D eigenvalue weighted by Gasteiger charge is 2.24. The first-order valence-electron chi connectivity index (χ1n) is 8.98. The quantitative estimate of drug-likeness (QED) is 0.604. The van der Waals surface area contributed by atoms with Crippen molar-refractivity contribution in [2.24, 2.45) is 0 Å². The zero-order valence-corrected chi connectivity index (χ0v) is 15.0. The zero-order chi connectivity index (χ0) is 19.3. The Balaban J connectivity index is 1.34. The fourth-order valence-corrected chi connectivity index (χ4v) is 3.16. The van der Waals surface area contributed by atoms with Gasteiger partial charge in [0.05, 0.1) is 6.20 Å². The summed E-state index contributed by atoms with van der Waals surface area (Å²) in [4.78, 5) is 28.5. The predicted octanol–water partition coefficient (Wildman–Crippen LogP) is 2.21. The zero-order valence-electron chi connectivity index (χ0n) is 15.0. The number of aromatic amines is 1. The summed E-state index contributed by atoms with van der Waals surface area (Å²) in [6, 6.07) is 10.2. The van der Waals surface area contributed by atoms with E-state index < -0.39 is 11.8 Å². The highest BCUT2D eigenvalue weighted by Crippen LogP contribution is 2.23. The lowest BCUT2D eigenvalue weighted by Gasteiger charge is -2.22. The summed E-state index contributed by atoms with van der Waals surface area (Å²) in [5, 5.41) is 12.4. The number of amides is 2. The molecule has 0 saturated carbocycles. The van der Waals surface area contributed by atoms with E-state index in [1.807, 2.05) is 0 Å². The summed E-state index contributed by atoms with van der Waals surface area (Å²) in [6.07, 6.45) is 7.26. The molecule has 142 valence electrons. The summed E-state index contributed by atoms with van der Waals surface area (Å²) in [6.45, 7) is 0. The van der Waals surface area contributed by atoms with Crippen LogP contribution in [0.2, 0.25) is 0 Å². The maximum atomic E-state index is 12.3. The molecule has 2 heterocycles. The van der Waals surface area contributed by atoms with E-state index in [-0.39, 0.29) is 6.04 Å². The molecule has 1 aliphatic carbocycles. The normalized spacial score (nSPS) is 15.4. The van der Waals surface area contributed by atoms with Crippen molar-refractivity contribution in [2.45, 2.75) is 25.3 Å². The molecular formula is C20H19N5O3. The van der Waals surface area contributed by atoms with Crippen LogP contribution in [-0.4, -0.2) is 33.0 Å². The number of rotatable bonds is 4. The molecule has 8 heteroatoms. The molecule has 1 aromatic carbocycles. The van der Waals surface area contributed by atoms with Crippen LogP contribution in [0.4, 0.5) is 5.69 Å². The molecule has 2 amide bonds. The van der Waals surface area contributed by atoms with Gasteiger partial charge in [-0.15, -0.1) is 0 Å². The third-order valence-corrected chi connectivity index (χ3v) is 4.54. The molecule has 1 aliphatic rings. The Morgan fingerprint density at radius 2 is 1.96 bits per heavy atom. The van der Waals surface area contributed by atoms with Crippen molar-refractivity contribution in [2.75, 3.05) is 5.32 Å². The lowest BCUT2D eigenvalue weighted by atomic mass is 9.93. The Morgan fingerprint density at radius 1 is 1.11 bits per heavy atom. The number of hydrogen-bond donors (Lipinski definition) is 3. The molecule has 0 saturated heterocycles. The number of carbonyl (C=O) groups is 2. The van der Waals surface area contributed by atoms with Gasteiger partial charge in [-0.2, -0.15) is 5.10 Å². The number of carbonyl (C=O) groups excluding carboxylic acids is 2. The van der Waals surface area contributed by atoms with Crippen LogP contribution >= 0.6 is 0 Å². The highest BCUT2D eigenvalue weighted by molar-refractivity contribution is 6.39. The molecule has 3 aromatic rings. The van der Waals surface area contributed by atoms with Crippen molar-refractivity contribution in [1.82, 2.24) is 20.5 Å². The van der Waals surface area contributed by atoms with E-state index in [9.17, 15) is 9.59 Å². The van der Waals surface area contributed by atoms with Crippen molar-refractivity contribution < 1.29 is 14.3 Å². The SMILES string of the molecule is O=C(Nc1cccc(Oc2ccncc2)c1)C(=O)N[C@@H]1CCc2[nH]ncc2C1. The van der Waals surface area contributed by atoms with Crippen LogP contribution in [0.1, 0.15) is 17.7 Å². The number of fused-ring (bicyclic) bond motifs is 1. The maximum absolute atomic E-state index is 12.3. The molecule has 0 spiro atoms. The van der Waals surface area contributed by atoms with Crippen LogP contribution in [0.5, 0.6) is 11.5 Å². The molecule has 2 aromatic heterocycles. The molecule has 0 fully saturated rings. The topological polar surface area (TPSA) is 109 Å². The van der Waals surface area contributed by atoms with Crippen molar-refractivity contribution in [1.29, 1.82) is 0 Å². The summed E-state index contributed by atoms with van der Waals surface area (Å²) in [7, 11) is 0. The second kappa shape index (κ2) is 7.91. The van der Waals surface area contributed by atoms with Gasteiger partial charge in [0.1, 0.15) is 11.5 Å².